The number of amides is 1. The highest BCUT2D eigenvalue weighted by molar-refractivity contribution is 5.96. The summed E-state index contributed by atoms with van der Waals surface area (Å²) in [5, 5.41) is 0. The van der Waals surface area contributed by atoms with Crippen LogP contribution < -0.4 is 0 Å². The molecule has 2 saturated heterocycles. The first-order valence-corrected chi connectivity index (χ1v) is 9.71. The SMILES string of the molecule is Cc1nc(-c2cccc(C(=O)N3CC(N4CCCCC4C)C3)c2)c(C)[nH]1. The van der Waals surface area contributed by atoms with E-state index in [-0.39, 0.29) is 5.91 Å². The molecule has 2 aliphatic rings. The van der Waals surface area contributed by atoms with Gasteiger partial charge in [-0.1, -0.05) is 18.6 Å². The molecule has 1 aromatic carbocycles. The van der Waals surface area contributed by atoms with Gasteiger partial charge in [-0.05, 0) is 52.3 Å². The van der Waals surface area contributed by atoms with Crippen molar-refractivity contribution in [1.82, 2.24) is 19.8 Å². The number of piperidine rings is 1. The molecule has 1 aromatic heterocycles. The zero-order chi connectivity index (χ0) is 18.3. The molecule has 1 N–H and O–H groups in total. The molecule has 1 unspecified atom stereocenters. The van der Waals surface area contributed by atoms with Gasteiger partial charge < -0.3 is 9.88 Å². The fourth-order valence-corrected chi connectivity index (χ4v) is 4.37. The van der Waals surface area contributed by atoms with Crippen molar-refractivity contribution in [3.8, 4) is 11.3 Å². The van der Waals surface area contributed by atoms with Gasteiger partial charge in [0.15, 0.2) is 0 Å². The van der Waals surface area contributed by atoms with Crippen LogP contribution in [0.1, 0.15) is 48.1 Å². The Morgan fingerprint density at radius 2 is 2.04 bits per heavy atom. The molecule has 3 heterocycles. The van der Waals surface area contributed by atoms with Gasteiger partial charge in [-0.15, -0.1) is 0 Å². The van der Waals surface area contributed by atoms with Crippen LogP contribution >= 0.6 is 0 Å². The molecule has 0 spiro atoms. The molecule has 0 bridgehead atoms. The molecule has 2 fully saturated rings. The van der Waals surface area contributed by atoms with Crippen molar-refractivity contribution >= 4 is 5.91 Å². The number of aromatic nitrogens is 2. The molecular formula is C21H28N4O. The lowest BCUT2D eigenvalue weighted by atomic mass is 9.96. The lowest BCUT2D eigenvalue weighted by Gasteiger charge is -2.49. The fourth-order valence-electron chi connectivity index (χ4n) is 4.37. The van der Waals surface area contributed by atoms with E-state index >= 15 is 0 Å². The third-order valence-electron chi connectivity index (χ3n) is 5.86. The van der Waals surface area contributed by atoms with Crippen LogP contribution in [-0.2, 0) is 0 Å². The maximum Gasteiger partial charge on any atom is 0.253 e. The number of hydrogen-bond donors (Lipinski definition) is 1. The molecule has 138 valence electrons. The Labute approximate surface area is 155 Å². The number of nitrogens with zero attached hydrogens (tertiary/aromatic N) is 3. The first kappa shape index (κ1) is 17.3. The quantitative estimate of drug-likeness (QED) is 0.921. The molecule has 0 radical (unpaired) electrons. The van der Waals surface area contributed by atoms with Crippen molar-refractivity contribution in [3.05, 3.63) is 41.3 Å². The summed E-state index contributed by atoms with van der Waals surface area (Å²) < 4.78 is 0. The van der Waals surface area contributed by atoms with Crippen LogP contribution in [0.5, 0.6) is 0 Å². The van der Waals surface area contributed by atoms with Crippen LogP contribution in [0.2, 0.25) is 0 Å². The summed E-state index contributed by atoms with van der Waals surface area (Å²) in [6.07, 6.45) is 3.92. The van der Waals surface area contributed by atoms with Crippen molar-refractivity contribution in [2.45, 2.75) is 52.1 Å². The van der Waals surface area contributed by atoms with Gasteiger partial charge in [0.2, 0.25) is 0 Å². The monoisotopic (exact) mass is 352 g/mol. The van der Waals surface area contributed by atoms with Crippen LogP contribution in [0.15, 0.2) is 24.3 Å². The first-order valence-electron chi connectivity index (χ1n) is 9.71. The lowest BCUT2D eigenvalue weighted by Crippen LogP contribution is -2.63. The summed E-state index contributed by atoms with van der Waals surface area (Å²) in [5.74, 6) is 1.04. The number of aromatic amines is 1. The van der Waals surface area contributed by atoms with Crippen LogP contribution in [0.25, 0.3) is 11.3 Å². The van der Waals surface area contributed by atoms with Gasteiger partial charge in [-0.25, -0.2) is 4.98 Å². The number of carbonyl (C=O) groups excluding carboxylic acids is 1. The van der Waals surface area contributed by atoms with E-state index in [9.17, 15) is 4.79 Å². The molecule has 1 atom stereocenters. The molecule has 1 amide bonds. The van der Waals surface area contributed by atoms with Gasteiger partial charge in [0, 0.05) is 42.0 Å². The summed E-state index contributed by atoms with van der Waals surface area (Å²) in [6, 6.07) is 9.05. The number of imidazole rings is 1. The number of hydrogen-bond acceptors (Lipinski definition) is 3. The van der Waals surface area contributed by atoms with E-state index in [0.29, 0.717) is 12.1 Å². The molecule has 0 saturated carbocycles. The predicted octanol–water partition coefficient (Wildman–Crippen LogP) is 3.39. The summed E-state index contributed by atoms with van der Waals surface area (Å²) in [4.78, 5) is 25.3. The number of likely N-dealkylation sites (tertiary alicyclic amines) is 2. The number of benzene rings is 1. The van der Waals surface area contributed by atoms with Crippen molar-refractivity contribution < 1.29 is 4.79 Å². The molecule has 2 aliphatic heterocycles. The number of aryl methyl sites for hydroxylation is 2. The van der Waals surface area contributed by atoms with Crippen molar-refractivity contribution in [2.24, 2.45) is 0 Å². The molecular weight excluding hydrogens is 324 g/mol. The van der Waals surface area contributed by atoms with Crippen LogP contribution in [0.4, 0.5) is 0 Å². The maximum absolute atomic E-state index is 12.9. The number of rotatable bonds is 3. The predicted molar refractivity (Wildman–Crippen MR) is 103 cm³/mol. The van der Waals surface area contributed by atoms with Gasteiger partial charge in [0.05, 0.1) is 5.69 Å². The first-order chi connectivity index (χ1) is 12.5. The van der Waals surface area contributed by atoms with Gasteiger partial charge >= 0.3 is 0 Å². The second kappa shape index (κ2) is 6.88. The van der Waals surface area contributed by atoms with E-state index in [1.165, 1.54) is 25.8 Å². The Hall–Kier alpha value is -2.14. The second-order valence-corrected chi connectivity index (χ2v) is 7.82. The number of carbonyl (C=O) groups is 1. The van der Waals surface area contributed by atoms with Crippen LogP contribution in [-0.4, -0.2) is 57.4 Å². The van der Waals surface area contributed by atoms with Crippen molar-refractivity contribution in [2.75, 3.05) is 19.6 Å². The van der Waals surface area contributed by atoms with Crippen molar-refractivity contribution in [1.29, 1.82) is 0 Å². The van der Waals surface area contributed by atoms with E-state index in [4.69, 9.17) is 0 Å². The van der Waals surface area contributed by atoms with Crippen molar-refractivity contribution in [3.63, 3.8) is 0 Å². The third kappa shape index (κ3) is 3.16. The third-order valence-corrected chi connectivity index (χ3v) is 5.86. The minimum Gasteiger partial charge on any atom is -0.346 e. The standard InChI is InChI=1S/C21H28N4O/c1-14-7-4-5-10-25(14)19-12-24(13-19)21(26)18-9-6-8-17(11-18)20-15(2)22-16(3)23-20/h6,8-9,11,14,19H,4-5,7,10,12-13H2,1-3H3,(H,22,23). The van der Waals surface area contributed by atoms with Gasteiger partial charge in [-0.3, -0.25) is 9.69 Å². The zero-order valence-electron chi connectivity index (χ0n) is 16.0. The highest BCUT2D eigenvalue weighted by atomic mass is 16.2. The van der Waals surface area contributed by atoms with E-state index in [0.717, 1.165) is 41.4 Å². The van der Waals surface area contributed by atoms with Crippen LogP contribution in [0.3, 0.4) is 0 Å². The highest BCUT2D eigenvalue weighted by Gasteiger charge is 2.37. The highest BCUT2D eigenvalue weighted by Crippen LogP contribution is 2.27. The average Bonchev–Trinajstić information content (AvgIpc) is 2.93. The maximum atomic E-state index is 12.9. The summed E-state index contributed by atoms with van der Waals surface area (Å²) in [6.45, 7) is 9.18. The normalized spacial score (nSPS) is 21.7. The Kier molecular flexibility index (Phi) is 4.57. The van der Waals surface area contributed by atoms with E-state index in [1.807, 2.05) is 43.0 Å². The Morgan fingerprint density at radius 3 is 2.73 bits per heavy atom. The van der Waals surface area contributed by atoms with E-state index in [2.05, 4.69) is 21.8 Å². The Bertz CT molecular complexity index is 806. The Balaban J connectivity index is 1.45. The van der Waals surface area contributed by atoms with Crippen LogP contribution in [0, 0.1) is 13.8 Å². The van der Waals surface area contributed by atoms with Gasteiger partial charge in [0.1, 0.15) is 5.82 Å². The number of nitrogens with one attached hydrogen (secondary N) is 1. The fraction of sp³-hybridized carbons (Fsp3) is 0.524. The van der Waals surface area contributed by atoms with E-state index in [1.54, 1.807) is 0 Å². The smallest absolute Gasteiger partial charge is 0.253 e. The molecule has 5 nitrogen and oxygen atoms in total. The average molecular weight is 352 g/mol. The number of H-pyrrole nitrogens is 1. The summed E-state index contributed by atoms with van der Waals surface area (Å²) >= 11 is 0. The van der Waals surface area contributed by atoms with E-state index < -0.39 is 0 Å². The second-order valence-electron chi connectivity index (χ2n) is 7.82. The molecule has 2 aromatic rings. The Morgan fingerprint density at radius 1 is 1.23 bits per heavy atom. The minimum absolute atomic E-state index is 0.137. The topological polar surface area (TPSA) is 52.2 Å². The molecule has 0 aliphatic carbocycles. The summed E-state index contributed by atoms with van der Waals surface area (Å²) in [7, 11) is 0. The van der Waals surface area contributed by atoms with Gasteiger partial charge in [-0.2, -0.15) is 0 Å². The molecule has 26 heavy (non-hydrogen) atoms. The zero-order valence-corrected chi connectivity index (χ0v) is 16.0. The minimum atomic E-state index is 0.137. The summed E-state index contributed by atoms with van der Waals surface area (Å²) in [5.41, 5.74) is 3.73. The largest absolute Gasteiger partial charge is 0.346 e. The lowest BCUT2D eigenvalue weighted by molar-refractivity contribution is 0.00213. The molecule has 4 rings (SSSR count). The molecule has 5 heteroatoms. The van der Waals surface area contributed by atoms with Gasteiger partial charge in [0.25, 0.3) is 5.91 Å².